The molecule has 22 heavy (non-hydrogen) atoms. The van der Waals surface area contributed by atoms with E-state index in [-0.39, 0.29) is 24.1 Å². The third kappa shape index (κ3) is 3.60. The van der Waals surface area contributed by atoms with Crippen molar-refractivity contribution < 1.29 is 18.3 Å². The van der Waals surface area contributed by atoms with Gasteiger partial charge in [-0.15, -0.1) is 0 Å². The number of methoxy groups -OCH3 is 1. The summed E-state index contributed by atoms with van der Waals surface area (Å²) in [6.45, 7) is 4.52. The average molecular weight is 328 g/mol. The summed E-state index contributed by atoms with van der Waals surface area (Å²) in [5.41, 5.74) is 0. The molecular weight excluding hydrogens is 304 g/mol. The molecule has 1 fully saturated rings. The molecule has 0 aromatic heterocycles. The van der Waals surface area contributed by atoms with Crippen LogP contribution in [-0.4, -0.2) is 68.7 Å². The van der Waals surface area contributed by atoms with Gasteiger partial charge in [-0.3, -0.25) is 0 Å². The molecule has 1 atom stereocenters. The van der Waals surface area contributed by atoms with Crippen molar-refractivity contribution >= 4 is 10.0 Å². The lowest BCUT2D eigenvalue weighted by Gasteiger charge is -2.27. The van der Waals surface area contributed by atoms with E-state index < -0.39 is 10.0 Å². The number of aliphatic hydroxyl groups excluding tert-OH is 1. The third-order valence-corrected chi connectivity index (χ3v) is 6.05. The van der Waals surface area contributed by atoms with Gasteiger partial charge in [0.05, 0.1) is 18.6 Å². The molecule has 0 aliphatic carbocycles. The number of ether oxygens (including phenoxy) is 1. The van der Waals surface area contributed by atoms with Crippen LogP contribution in [0.5, 0.6) is 5.75 Å². The topological polar surface area (TPSA) is 70.1 Å². The van der Waals surface area contributed by atoms with Crippen molar-refractivity contribution in [2.45, 2.75) is 24.3 Å². The Hall–Kier alpha value is -1.15. The summed E-state index contributed by atoms with van der Waals surface area (Å²) in [6.07, 6.45) is 0.795. The van der Waals surface area contributed by atoms with Gasteiger partial charge < -0.3 is 14.7 Å². The monoisotopic (exact) mass is 328 g/mol. The molecule has 7 heteroatoms. The average Bonchev–Trinajstić information content (AvgIpc) is 3.01. The summed E-state index contributed by atoms with van der Waals surface area (Å²) in [5, 5.41) is 9.27. The molecule has 1 aliphatic heterocycles. The molecule has 1 N–H and O–H groups in total. The van der Waals surface area contributed by atoms with Gasteiger partial charge in [0, 0.05) is 19.1 Å². The Bertz CT molecular complexity index is 574. The first-order chi connectivity index (χ1) is 10.5. The lowest BCUT2D eigenvalue weighted by atomic mass is 10.2. The fraction of sp³-hybridized carbons (Fsp3) is 0.600. The molecule has 1 aromatic rings. The zero-order chi connectivity index (χ0) is 16.2. The number of aliphatic hydroxyl groups is 1. The zero-order valence-electron chi connectivity index (χ0n) is 13.1. The van der Waals surface area contributed by atoms with Crippen LogP contribution in [0, 0.1) is 0 Å². The fourth-order valence-corrected chi connectivity index (χ4v) is 4.45. The number of likely N-dealkylation sites (N-methyl/N-ethyl adjacent to an activating group) is 1. The van der Waals surface area contributed by atoms with Gasteiger partial charge in [0.1, 0.15) is 5.75 Å². The SMILES string of the molecule is CCN1CCC(N(CCO)S(=O)(=O)c2ccc(OC)cc2)C1. The van der Waals surface area contributed by atoms with E-state index in [2.05, 4.69) is 11.8 Å². The van der Waals surface area contributed by atoms with Crippen molar-refractivity contribution in [2.75, 3.05) is 39.9 Å². The highest BCUT2D eigenvalue weighted by Gasteiger charge is 2.35. The van der Waals surface area contributed by atoms with E-state index in [0.717, 1.165) is 19.5 Å². The lowest BCUT2D eigenvalue weighted by molar-refractivity contribution is 0.222. The van der Waals surface area contributed by atoms with Gasteiger partial charge in [0.15, 0.2) is 0 Å². The molecule has 0 spiro atoms. The number of hydrogen-bond donors (Lipinski definition) is 1. The second kappa shape index (κ2) is 7.41. The van der Waals surface area contributed by atoms with Crippen molar-refractivity contribution in [2.24, 2.45) is 0 Å². The van der Waals surface area contributed by atoms with E-state index >= 15 is 0 Å². The van der Waals surface area contributed by atoms with E-state index in [9.17, 15) is 13.5 Å². The molecule has 1 unspecified atom stereocenters. The number of rotatable bonds is 7. The summed E-state index contributed by atoms with van der Waals surface area (Å²) in [5.74, 6) is 0.616. The summed E-state index contributed by atoms with van der Waals surface area (Å²) >= 11 is 0. The van der Waals surface area contributed by atoms with Gasteiger partial charge >= 0.3 is 0 Å². The Labute approximate surface area is 132 Å². The summed E-state index contributed by atoms with van der Waals surface area (Å²) in [6, 6.07) is 6.28. The minimum absolute atomic E-state index is 0.0841. The Balaban J connectivity index is 2.25. The number of hydrogen-bond acceptors (Lipinski definition) is 5. The maximum atomic E-state index is 12.9. The van der Waals surface area contributed by atoms with Crippen molar-refractivity contribution in [3.05, 3.63) is 24.3 Å². The maximum absolute atomic E-state index is 12.9. The Morgan fingerprint density at radius 3 is 2.55 bits per heavy atom. The van der Waals surface area contributed by atoms with Crippen molar-refractivity contribution in [1.82, 2.24) is 9.21 Å². The van der Waals surface area contributed by atoms with E-state index in [0.29, 0.717) is 12.3 Å². The lowest BCUT2D eigenvalue weighted by Crippen LogP contribution is -2.43. The van der Waals surface area contributed by atoms with Crippen LogP contribution in [0.1, 0.15) is 13.3 Å². The van der Waals surface area contributed by atoms with E-state index in [4.69, 9.17) is 4.74 Å². The summed E-state index contributed by atoms with van der Waals surface area (Å²) in [7, 11) is -2.07. The van der Waals surface area contributed by atoms with Gasteiger partial charge in [-0.05, 0) is 43.8 Å². The predicted molar refractivity (Wildman–Crippen MR) is 84.5 cm³/mol. The normalized spacial score (nSPS) is 19.7. The van der Waals surface area contributed by atoms with E-state index in [1.54, 1.807) is 31.4 Å². The van der Waals surface area contributed by atoms with E-state index in [1.807, 2.05) is 0 Å². The maximum Gasteiger partial charge on any atom is 0.243 e. The Morgan fingerprint density at radius 2 is 2.05 bits per heavy atom. The van der Waals surface area contributed by atoms with Crippen LogP contribution in [0.2, 0.25) is 0 Å². The minimum Gasteiger partial charge on any atom is -0.497 e. The largest absolute Gasteiger partial charge is 0.497 e. The van der Waals surface area contributed by atoms with Crippen molar-refractivity contribution in [1.29, 1.82) is 0 Å². The van der Waals surface area contributed by atoms with Crippen LogP contribution >= 0.6 is 0 Å². The molecule has 1 aromatic carbocycles. The van der Waals surface area contributed by atoms with Crippen LogP contribution in [0.4, 0.5) is 0 Å². The van der Waals surface area contributed by atoms with Gasteiger partial charge in [0.25, 0.3) is 0 Å². The second-order valence-corrected chi connectivity index (χ2v) is 7.24. The Morgan fingerprint density at radius 1 is 1.36 bits per heavy atom. The molecule has 124 valence electrons. The van der Waals surface area contributed by atoms with Gasteiger partial charge in [-0.25, -0.2) is 8.42 Å². The van der Waals surface area contributed by atoms with Gasteiger partial charge in [-0.2, -0.15) is 4.31 Å². The summed E-state index contributed by atoms with van der Waals surface area (Å²) in [4.78, 5) is 2.45. The molecular formula is C15H24N2O4S. The first-order valence-corrected chi connectivity index (χ1v) is 8.96. The number of likely N-dealkylation sites (tertiary alicyclic amines) is 1. The van der Waals surface area contributed by atoms with Gasteiger partial charge in [-0.1, -0.05) is 6.92 Å². The second-order valence-electron chi connectivity index (χ2n) is 5.35. The predicted octanol–water partition coefficient (Wildman–Crippen LogP) is 0.772. The Kier molecular flexibility index (Phi) is 5.80. The standard InChI is InChI=1S/C15H24N2O4S/c1-3-16-9-8-13(12-16)17(10-11-18)22(19,20)15-6-4-14(21-2)5-7-15/h4-7,13,18H,3,8-12H2,1-2H3. The third-order valence-electron chi connectivity index (χ3n) is 4.09. The quantitative estimate of drug-likeness (QED) is 0.801. The molecule has 1 heterocycles. The van der Waals surface area contributed by atoms with Gasteiger partial charge in [0.2, 0.25) is 10.0 Å². The minimum atomic E-state index is -3.61. The molecule has 0 amide bonds. The molecule has 1 aliphatic rings. The molecule has 2 rings (SSSR count). The molecule has 1 saturated heterocycles. The number of sulfonamides is 1. The molecule has 0 saturated carbocycles. The van der Waals surface area contributed by atoms with Crippen molar-refractivity contribution in [3.63, 3.8) is 0 Å². The van der Waals surface area contributed by atoms with Crippen LogP contribution in [0.15, 0.2) is 29.2 Å². The van der Waals surface area contributed by atoms with Crippen LogP contribution in [0.3, 0.4) is 0 Å². The first kappa shape index (κ1) is 17.2. The highest BCUT2D eigenvalue weighted by atomic mass is 32.2. The molecule has 0 radical (unpaired) electrons. The number of nitrogens with zero attached hydrogens (tertiary/aromatic N) is 2. The van der Waals surface area contributed by atoms with Crippen LogP contribution in [0.25, 0.3) is 0 Å². The van der Waals surface area contributed by atoms with Crippen LogP contribution < -0.4 is 4.74 Å². The van der Waals surface area contributed by atoms with Crippen LogP contribution in [-0.2, 0) is 10.0 Å². The van der Waals surface area contributed by atoms with E-state index in [1.165, 1.54) is 4.31 Å². The highest BCUT2D eigenvalue weighted by molar-refractivity contribution is 7.89. The first-order valence-electron chi connectivity index (χ1n) is 7.52. The molecule has 6 nitrogen and oxygen atoms in total. The number of benzene rings is 1. The summed E-state index contributed by atoms with van der Waals surface area (Å²) < 4.78 is 32.2. The zero-order valence-corrected chi connectivity index (χ0v) is 13.9. The fourth-order valence-electron chi connectivity index (χ4n) is 2.82. The highest BCUT2D eigenvalue weighted by Crippen LogP contribution is 2.24. The van der Waals surface area contributed by atoms with Crippen molar-refractivity contribution in [3.8, 4) is 5.75 Å². The smallest absolute Gasteiger partial charge is 0.243 e. The molecule has 0 bridgehead atoms.